The molecule has 0 spiro atoms. The molecule has 2 rings (SSSR count). The number of aryl methyl sites for hydroxylation is 1. The number of ether oxygens (including phenoxy) is 1. The number of thioether (sulfide) groups is 1. The highest BCUT2D eigenvalue weighted by atomic mass is 32.2. The van der Waals surface area contributed by atoms with Crippen molar-refractivity contribution < 1.29 is 4.74 Å². The Hall–Kier alpha value is -1.20. The second kappa shape index (κ2) is 8.29. The van der Waals surface area contributed by atoms with Crippen LogP contribution in [0.25, 0.3) is 0 Å². The molecular weight excluding hydrogens is 282 g/mol. The van der Waals surface area contributed by atoms with E-state index in [2.05, 4.69) is 52.7 Å². The van der Waals surface area contributed by atoms with Gasteiger partial charge >= 0.3 is 0 Å². The molecule has 1 atom stereocenters. The van der Waals surface area contributed by atoms with Gasteiger partial charge in [0.2, 0.25) is 0 Å². The molecule has 1 aromatic rings. The Morgan fingerprint density at radius 2 is 2.29 bits per heavy atom. The summed E-state index contributed by atoms with van der Waals surface area (Å²) in [5.74, 6) is 2.07. The Labute approximate surface area is 132 Å². The van der Waals surface area contributed by atoms with E-state index in [0.717, 1.165) is 38.0 Å². The lowest BCUT2D eigenvalue weighted by molar-refractivity contribution is -0.00827. The zero-order chi connectivity index (χ0) is 15.1. The van der Waals surface area contributed by atoms with E-state index in [1.807, 2.05) is 18.8 Å². The number of hydrogen-bond donors (Lipinski definition) is 1. The lowest BCUT2D eigenvalue weighted by Crippen LogP contribution is -2.48. The number of benzene rings is 1. The van der Waals surface area contributed by atoms with Crippen LogP contribution in [-0.2, 0) is 4.74 Å². The summed E-state index contributed by atoms with van der Waals surface area (Å²) in [7, 11) is 1.85. The first-order valence-electron chi connectivity index (χ1n) is 7.38. The fourth-order valence-electron chi connectivity index (χ4n) is 2.58. The predicted molar refractivity (Wildman–Crippen MR) is 91.2 cm³/mol. The zero-order valence-corrected chi connectivity index (χ0v) is 13.9. The van der Waals surface area contributed by atoms with E-state index in [-0.39, 0.29) is 6.10 Å². The van der Waals surface area contributed by atoms with Crippen LogP contribution in [0.4, 0.5) is 0 Å². The minimum absolute atomic E-state index is 0.124. The molecule has 116 valence electrons. The summed E-state index contributed by atoms with van der Waals surface area (Å²) < 4.78 is 5.97. The number of nitrogens with one attached hydrogen (secondary N) is 1. The molecular formula is C16H25N3OS. The van der Waals surface area contributed by atoms with E-state index in [4.69, 9.17) is 4.74 Å². The monoisotopic (exact) mass is 307 g/mol. The van der Waals surface area contributed by atoms with Gasteiger partial charge in [-0.2, -0.15) is 11.8 Å². The van der Waals surface area contributed by atoms with Crippen molar-refractivity contribution in [1.82, 2.24) is 10.2 Å². The fourth-order valence-corrected chi connectivity index (χ4v) is 2.88. The van der Waals surface area contributed by atoms with E-state index in [0.29, 0.717) is 0 Å². The van der Waals surface area contributed by atoms with Gasteiger partial charge in [0.15, 0.2) is 5.96 Å². The van der Waals surface area contributed by atoms with Crippen LogP contribution in [0, 0.1) is 6.92 Å². The van der Waals surface area contributed by atoms with Crippen molar-refractivity contribution in [2.45, 2.75) is 13.0 Å². The number of hydrogen-bond acceptors (Lipinski definition) is 3. The van der Waals surface area contributed by atoms with Crippen molar-refractivity contribution in [1.29, 1.82) is 0 Å². The molecule has 1 fully saturated rings. The molecule has 0 amide bonds. The lowest BCUT2D eigenvalue weighted by Gasteiger charge is -2.35. The third kappa shape index (κ3) is 4.38. The van der Waals surface area contributed by atoms with Crippen molar-refractivity contribution in [3.63, 3.8) is 0 Å². The maximum Gasteiger partial charge on any atom is 0.193 e. The van der Waals surface area contributed by atoms with Crippen LogP contribution in [0.5, 0.6) is 0 Å². The first kappa shape index (κ1) is 16.2. The van der Waals surface area contributed by atoms with E-state index in [9.17, 15) is 0 Å². The molecule has 1 N–H and O–H groups in total. The number of rotatable bonds is 4. The lowest BCUT2D eigenvalue weighted by atomic mass is 10.0. The summed E-state index contributed by atoms with van der Waals surface area (Å²) in [6, 6.07) is 8.45. The highest BCUT2D eigenvalue weighted by Crippen LogP contribution is 2.24. The second-order valence-electron chi connectivity index (χ2n) is 5.13. The van der Waals surface area contributed by atoms with Gasteiger partial charge in [0, 0.05) is 25.9 Å². The standard InChI is InChI=1S/C16H25N3OS/c1-13-6-4-5-7-14(13)15-12-19(9-10-20-15)16(17-2)18-8-11-21-3/h4-7,15H,8-12H2,1-3H3,(H,17,18). The minimum atomic E-state index is 0.124. The van der Waals surface area contributed by atoms with E-state index >= 15 is 0 Å². The topological polar surface area (TPSA) is 36.9 Å². The van der Waals surface area contributed by atoms with E-state index in [1.54, 1.807) is 0 Å². The smallest absolute Gasteiger partial charge is 0.193 e. The van der Waals surface area contributed by atoms with Crippen molar-refractivity contribution in [2.24, 2.45) is 4.99 Å². The Bertz CT molecular complexity index is 478. The minimum Gasteiger partial charge on any atom is -0.370 e. The highest BCUT2D eigenvalue weighted by Gasteiger charge is 2.24. The first-order chi connectivity index (χ1) is 10.3. The Morgan fingerprint density at radius 3 is 3.00 bits per heavy atom. The second-order valence-corrected chi connectivity index (χ2v) is 6.11. The third-order valence-corrected chi connectivity index (χ3v) is 4.31. The maximum atomic E-state index is 5.97. The van der Waals surface area contributed by atoms with Gasteiger partial charge in [-0.3, -0.25) is 4.99 Å². The Kier molecular flexibility index (Phi) is 6.39. The number of morpholine rings is 1. The maximum absolute atomic E-state index is 5.97. The molecule has 1 aliphatic rings. The third-order valence-electron chi connectivity index (χ3n) is 3.70. The summed E-state index contributed by atoms with van der Waals surface area (Å²) in [6.45, 7) is 5.57. The van der Waals surface area contributed by atoms with Gasteiger partial charge < -0.3 is 15.0 Å². The van der Waals surface area contributed by atoms with Gasteiger partial charge in [0.05, 0.1) is 13.2 Å². The summed E-state index contributed by atoms with van der Waals surface area (Å²) in [6.07, 6.45) is 2.24. The van der Waals surface area contributed by atoms with Crippen LogP contribution in [-0.4, -0.2) is 56.2 Å². The Balaban J connectivity index is 2.01. The van der Waals surface area contributed by atoms with Crippen molar-refractivity contribution >= 4 is 17.7 Å². The molecule has 0 saturated carbocycles. The number of nitrogens with zero attached hydrogens (tertiary/aromatic N) is 2. The van der Waals surface area contributed by atoms with E-state index < -0.39 is 0 Å². The Morgan fingerprint density at radius 1 is 1.48 bits per heavy atom. The van der Waals surface area contributed by atoms with Gasteiger partial charge in [0.25, 0.3) is 0 Å². The zero-order valence-electron chi connectivity index (χ0n) is 13.1. The molecule has 0 aliphatic carbocycles. The molecule has 0 aromatic heterocycles. The van der Waals surface area contributed by atoms with Crippen LogP contribution in [0.2, 0.25) is 0 Å². The fraction of sp³-hybridized carbons (Fsp3) is 0.562. The quantitative estimate of drug-likeness (QED) is 0.526. The molecule has 1 heterocycles. The molecule has 4 nitrogen and oxygen atoms in total. The summed E-state index contributed by atoms with van der Waals surface area (Å²) in [4.78, 5) is 6.69. The average molecular weight is 307 g/mol. The van der Waals surface area contributed by atoms with Crippen LogP contribution >= 0.6 is 11.8 Å². The average Bonchev–Trinajstić information content (AvgIpc) is 2.52. The molecule has 1 aromatic carbocycles. The molecule has 0 radical (unpaired) electrons. The SMILES string of the molecule is CN=C(NCCSC)N1CCOC(c2ccccc2C)C1. The molecule has 0 bridgehead atoms. The van der Waals surface area contributed by atoms with Crippen molar-refractivity contribution in [2.75, 3.05) is 45.3 Å². The van der Waals surface area contributed by atoms with Crippen molar-refractivity contribution in [3.05, 3.63) is 35.4 Å². The van der Waals surface area contributed by atoms with Gasteiger partial charge in [-0.05, 0) is 24.3 Å². The van der Waals surface area contributed by atoms with Crippen molar-refractivity contribution in [3.8, 4) is 0 Å². The predicted octanol–water partition coefficient (Wildman–Crippen LogP) is 2.31. The number of guanidine groups is 1. The molecule has 5 heteroatoms. The van der Waals surface area contributed by atoms with Crippen LogP contribution in [0.15, 0.2) is 29.3 Å². The normalized spacial score (nSPS) is 19.7. The van der Waals surface area contributed by atoms with Gasteiger partial charge in [0.1, 0.15) is 6.10 Å². The summed E-state index contributed by atoms with van der Waals surface area (Å²) >= 11 is 1.84. The molecule has 1 saturated heterocycles. The van der Waals surface area contributed by atoms with E-state index in [1.165, 1.54) is 11.1 Å². The van der Waals surface area contributed by atoms with Crippen LogP contribution in [0.1, 0.15) is 17.2 Å². The van der Waals surface area contributed by atoms with Gasteiger partial charge in [-0.15, -0.1) is 0 Å². The van der Waals surface area contributed by atoms with Crippen LogP contribution in [0.3, 0.4) is 0 Å². The first-order valence-corrected chi connectivity index (χ1v) is 8.77. The summed E-state index contributed by atoms with van der Waals surface area (Å²) in [5, 5.41) is 3.43. The van der Waals surface area contributed by atoms with Crippen LogP contribution < -0.4 is 5.32 Å². The van der Waals surface area contributed by atoms with Gasteiger partial charge in [-0.25, -0.2) is 0 Å². The molecule has 1 unspecified atom stereocenters. The number of aliphatic imine (C=N–C) groups is 1. The molecule has 21 heavy (non-hydrogen) atoms. The largest absolute Gasteiger partial charge is 0.370 e. The highest BCUT2D eigenvalue weighted by molar-refractivity contribution is 7.98. The summed E-state index contributed by atoms with van der Waals surface area (Å²) in [5.41, 5.74) is 2.57. The van der Waals surface area contributed by atoms with Gasteiger partial charge in [-0.1, -0.05) is 24.3 Å². The molecule has 1 aliphatic heterocycles.